The highest BCUT2D eigenvalue weighted by Crippen LogP contribution is 2.59. The largest absolute Gasteiger partial charge is 0.135 e. The summed E-state index contributed by atoms with van der Waals surface area (Å²) in [6.07, 6.45) is 6.23. The van der Waals surface area contributed by atoms with Gasteiger partial charge < -0.3 is 0 Å². The molecule has 0 fully saturated rings. The van der Waals surface area contributed by atoms with E-state index in [1.54, 1.807) is 0 Å². The summed E-state index contributed by atoms with van der Waals surface area (Å²) in [7, 11) is 0. The summed E-state index contributed by atoms with van der Waals surface area (Å²) in [5.74, 6) is 0.574. The number of hydrogen-bond acceptors (Lipinski definition) is 1. The molecule has 0 saturated heterocycles. The van der Waals surface area contributed by atoms with Crippen LogP contribution in [0.2, 0.25) is 0 Å². The first-order chi connectivity index (χ1) is 38.5. The number of rotatable bonds is 5. The second-order valence-electron chi connectivity index (χ2n) is 20.5. The van der Waals surface area contributed by atoms with Gasteiger partial charge in [0.25, 0.3) is 0 Å². The molecule has 12 aromatic rings. The van der Waals surface area contributed by atoms with Crippen molar-refractivity contribution in [3.05, 3.63) is 321 Å². The van der Waals surface area contributed by atoms with E-state index >= 15 is 0 Å². The van der Waals surface area contributed by atoms with Gasteiger partial charge in [-0.1, -0.05) is 293 Å². The summed E-state index contributed by atoms with van der Waals surface area (Å²) < 4.78 is 1.34. The first kappa shape index (κ1) is 56.8. The zero-order valence-corrected chi connectivity index (χ0v) is 48.8. The average molecular weight is 1050 g/mol. The van der Waals surface area contributed by atoms with Gasteiger partial charge in [0.05, 0.1) is 5.41 Å². The van der Waals surface area contributed by atoms with Crippen LogP contribution in [0, 0.1) is 34.6 Å². The van der Waals surface area contributed by atoms with Gasteiger partial charge in [-0.3, -0.25) is 0 Å². The molecule has 0 saturated carbocycles. The Labute approximate surface area is 476 Å². The quantitative estimate of drug-likeness (QED) is 0.161. The minimum atomic E-state index is -0.431. The molecule has 1 aliphatic rings. The third-order valence-corrected chi connectivity index (χ3v) is 15.8. The fraction of sp³-hybridized carbons (Fsp3) is 0.154. The van der Waals surface area contributed by atoms with E-state index < -0.39 is 5.41 Å². The smallest absolute Gasteiger partial charge is 0.0714 e. The number of hydrogen-bond donors (Lipinski definition) is 0. The predicted molar refractivity (Wildman–Crippen MR) is 351 cm³/mol. The van der Waals surface area contributed by atoms with Crippen LogP contribution in [0.4, 0.5) is 0 Å². The zero-order chi connectivity index (χ0) is 55.9. The summed E-state index contributed by atoms with van der Waals surface area (Å²) >= 11 is 1.81. The molecule has 1 aliphatic carbocycles. The first-order valence-corrected chi connectivity index (χ1v) is 28.8. The molecule has 394 valence electrons. The first-order valence-electron chi connectivity index (χ1n) is 28.0. The third-order valence-electron chi connectivity index (χ3n) is 14.7. The number of aryl methyl sites for hydroxylation is 5. The van der Waals surface area contributed by atoms with E-state index in [1.807, 2.05) is 85.9 Å². The topological polar surface area (TPSA) is 0 Å². The molecule has 1 heteroatoms. The van der Waals surface area contributed by atoms with Crippen LogP contribution in [0.15, 0.2) is 255 Å². The van der Waals surface area contributed by atoms with Gasteiger partial charge in [0.1, 0.15) is 0 Å². The standard InChI is InChI=1S/C39H28.C16H18S.3C7H8.C2H6/c1-25-15-20-35-36(21-25)39(31-18-16-27-9-3-5-11-29(27)23-31,32-19-17-28-10-4-6-12-30(28)24-32)37-22-26(2)33-13-7-8-14-34(33)38(35)37;1-5-7-13-14-10-12(11(3)4)8-9-16(14)17-15(13)6-2;3*1-7-5-3-2-4-6-7;1-2/h3-24H,1-2H3;5-11H,2H2,1,3-4H3;3*2-6H,1H3;1-2H3/b;7-5-;;;;. The van der Waals surface area contributed by atoms with Crippen LogP contribution in [-0.4, -0.2) is 0 Å². The second kappa shape index (κ2) is 26.8. The Hall–Kier alpha value is -8.36. The Morgan fingerprint density at radius 2 is 0.911 bits per heavy atom. The van der Waals surface area contributed by atoms with E-state index in [9.17, 15) is 0 Å². The van der Waals surface area contributed by atoms with Gasteiger partial charge >= 0.3 is 0 Å². The highest BCUT2D eigenvalue weighted by Gasteiger charge is 2.47. The van der Waals surface area contributed by atoms with E-state index in [0.29, 0.717) is 5.92 Å². The van der Waals surface area contributed by atoms with Crippen LogP contribution >= 0.6 is 11.3 Å². The summed E-state index contributed by atoms with van der Waals surface area (Å²) in [6.45, 7) is 25.2. The molecule has 0 radical (unpaired) electrons. The van der Waals surface area contributed by atoms with Crippen molar-refractivity contribution < 1.29 is 0 Å². The summed E-state index contributed by atoms with van der Waals surface area (Å²) in [4.78, 5) is 1.26. The summed E-state index contributed by atoms with van der Waals surface area (Å²) in [5.41, 5.74) is 16.9. The van der Waals surface area contributed by atoms with Crippen LogP contribution in [0.3, 0.4) is 0 Å². The van der Waals surface area contributed by atoms with Crippen molar-refractivity contribution in [2.45, 2.75) is 80.6 Å². The molecule has 0 bridgehead atoms. The van der Waals surface area contributed by atoms with Crippen molar-refractivity contribution >= 4 is 65.9 Å². The highest BCUT2D eigenvalue weighted by atomic mass is 32.1. The Kier molecular flexibility index (Phi) is 19.3. The van der Waals surface area contributed by atoms with Crippen molar-refractivity contribution in [2.75, 3.05) is 0 Å². The maximum absolute atomic E-state index is 3.90. The number of fused-ring (bicyclic) bond motifs is 8. The van der Waals surface area contributed by atoms with Crippen LogP contribution in [0.5, 0.6) is 0 Å². The third kappa shape index (κ3) is 12.8. The van der Waals surface area contributed by atoms with E-state index in [2.05, 4.69) is 262 Å². The molecule has 11 aromatic carbocycles. The van der Waals surface area contributed by atoms with Crippen molar-refractivity contribution in [3.8, 4) is 11.1 Å². The number of allylic oxidation sites excluding steroid dienone is 1. The lowest BCUT2D eigenvalue weighted by Gasteiger charge is -2.35. The fourth-order valence-electron chi connectivity index (χ4n) is 10.7. The Morgan fingerprint density at radius 3 is 1.38 bits per heavy atom. The SMILES string of the molecule is C=Cc1sc2ccc(C(C)C)cc2c1/C=C\C.CC.Cc1ccc2c(c1)C(c1ccc3ccccc3c1)(c1ccc3ccccc3c1)c1cc(C)c3ccccc3c1-2.Cc1ccccc1.Cc1ccccc1.Cc1ccccc1. The summed E-state index contributed by atoms with van der Waals surface area (Å²) in [6, 6.07) is 87.6. The summed E-state index contributed by atoms with van der Waals surface area (Å²) in [5, 5.41) is 9.11. The maximum Gasteiger partial charge on any atom is 0.0714 e. The normalized spacial score (nSPS) is 11.6. The van der Waals surface area contributed by atoms with Gasteiger partial charge in [-0.2, -0.15) is 0 Å². The molecule has 0 amide bonds. The fourth-order valence-corrected chi connectivity index (χ4v) is 11.7. The van der Waals surface area contributed by atoms with Gasteiger partial charge in [0, 0.05) is 15.0 Å². The Bertz CT molecular complexity index is 3800. The molecule has 0 spiro atoms. The van der Waals surface area contributed by atoms with Crippen molar-refractivity contribution in [1.82, 2.24) is 0 Å². The highest BCUT2D eigenvalue weighted by molar-refractivity contribution is 7.20. The molecule has 79 heavy (non-hydrogen) atoms. The van der Waals surface area contributed by atoms with Crippen LogP contribution in [0.1, 0.15) is 107 Å². The van der Waals surface area contributed by atoms with Gasteiger partial charge in [-0.25, -0.2) is 0 Å². The minimum absolute atomic E-state index is 0.431. The lowest BCUT2D eigenvalue weighted by atomic mass is 9.66. The molecule has 0 nitrogen and oxygen atoms in total. The van der Waals surface area contributed by atoms with E-state index in [1.165, 1.54) is 120 Å². The van der Waals surface area contributed by atoms with Gasteiger partial charge in [0.2, 0.25) is 0 Å². The molecule has 0 aliphatic heterocycles. The van der Waals surface area contributed by atoms with Crippen molar-refractivity contribution in [3.63, 3.8) is 0 Å². The molecule has 0 N–H and O–H groups in total. The molecular weight excluding hydrogens is 969 g/mol. The minimum Gasteiger partial charge on any atom is -0.135 e. The maximum atomic E-state index is 3.90. The molecule has 1 heterocycles. The average Bonchev–Trinajstić information content (AvgIpc) is 2.99. The van der Waals surface area contributed by atoms with Crippen LogP contribution in [0.25, 0.3) is 65.7 Å². The monoisotopic (exact) mass is 1040 g/mol. The number of thiophene rings is 1. The van der Waals surface area contributed by atoms with Crippen LogP contribution in [-0.2, 0) is 5.41 Å². The van der Waals surface area contributed by atoms with Gasteiger partial charge in [-0.05, 0) is 154 Å². The van der Waals surface area contributed by atoms with Crippen molar-refractivity contribution in [1.29, 1.82) is 0 Å². The van der Waals surface area contributed by atoms with Crippen molar-refractivity contribution in [2.24, 2.45) is 0 Å². The van der Waals surface area contributed by atoms with Gasteiger partial charge in [0.15, 0.2) is 0 Å². The molecule has 13 rings (SSSR count). The number of benzene rings is 11. The Balaban J connectivity index is 0.000000167. The lowest BCUT2D eigenvalue weighted by molar-refractivity contribution is 0.770. The predicted octanol–water partition coefficient (Wildman–Crippen LogP) is 22.8. The van der Waals surface area contributed by atoms with Crippen LogP contribution < -0.4 is 0 Å². The van der Waals surface area contributed by atoms with Gasteiger partial charge in [-0.15, -0.1) is 11.3 Å². The molecular formula is C78H76S. The molecule has 0 atom stereocenters. The van der Waals surface area contributed by atoms with E-state index in [4.69, 9.17) is 0 Å². The zero-order valence-electron chi connectivity index (χ0n) is 48.0. The lowest BCUT2D eigenvalue weighted by Crippen LogP contribution is -2.29. The Morgan fingerprint density at radius 1 is 0.430 bits per heavy atom. The molecule has 1 aromatic heterocycles. The second-order valence-corrected chi connectivity index (χ2v) is 21.6. The van der Waals surface area contributed by atoms with E-state index in [-0.39, 0.29) is 0 Å². The van der Waals surface area contributed by atoms with E-state index in [0.717, 1.165) is 0 Å². The molecule has 0 unspecified atom stereocenters.